The Balaban J connectivity index is 1.42. The maximum Gasteiger partial charge on any atom is 0.254 e. The van der Waals surface area contributed by atoms with E-state index in [9.17, 15) is 18.4 Å². The number of fused-ring (bicyclic) bond motifs is 1. The first kappa shape index (κ1) is 16.5. The summed E-state index contributed by atoms with van der Waals surface area (Å²) in [5, 5.41) is 2.81. The van der Waals surface area contributed by atoms with E-state index in [2.05, 4.69) is 10.2 Å². The van der Waals surface area contributed by atoms with Gasteiger partial charge in [0.15, 0.2) is 11.6 Å². The molecule has 4 rings (SSSR count). The highest BCUT2D eigenvalue weighted by molar-refractivity contribution is 5.99. The van der Waals surface area contributed by atoms with Gasteiger partial charge in [0.25, 0.3) is 5.91 Å². The zero-order chi connectivity index (χ0) is 18.3. The van der Waals surface area contributed by atoms with E-state index in [0.29, 0.717) is 32.6 Å². The van der Waals surface area contributed by atoms with E-state index in [1.165, 1.54) is 6.07 Å². The molecule has 2 aromatic carbocycles. The average molecular weight is 357 g/mol. The normalized spacial score (nSPS) is 16.5. The Bertz CT molecular complexity index is 892. The molecule has 26 heavy (non-hydrogen) atoms. The van der Waals surface area contributed by atoms with Gasteiger partial charge in [-0.15, -0.1) is 0 Å². The molecule has 0 radical (unpaired) electrons. The van der Waals surface area contributed by atoms with Crippen LogP contribution in [0.3, 0.4) is 0 Å². The van der Waals surface area contributed by atoms with Gasteiger partial charge in [0.2, 0.25) is 5.91 Å². The molecular weight excluding hydrogens is 340 g/mol. The lowest BCUT2D eigenvalue weighted by molar-refractivity contribution is -0.115. The molecule has 1 fully saturated rings. The first-order chi connectivity index (χ1) is 12.5. The third-order valence-corrected chi connectivity index (χ3v) is 4.81. The number of anilines is 2. The molecule has 0 saturated carbocycles. The second kappa shape index (κ2) is 6.40. The second-order valence-corrected chi connectivity index (χ2v) is 6.47. The number of rotatable bonds is 2. The standard InChI is InChI=1S/C19H17F2N3O2/c20-15-3-1-12(10-16(15)21)19(26)24-7-5-23(6-8-24)14-2-4-17-13(9-14)11-18(25)22-17/h1-4,9-10H,5-8,11H2,(H,22,25). The number of amides is 2. The fourth-order valence-electron chi connectivity index (χ4n) is 3.39. The van der Waals surface area contributed by atoms with Crippen LogP contribution in [0.15, 0.2) is 36.4 Å². The Morgan fingerprint density at radius 1 is 0.962 bits per heavy atom. The highest BCUT2D eigenvalue weighted by Gasteiger charge is 2.24. The van der Waals surface area contributed by atoms with Crippen molar-refractivity contribution >= 4 is 23.2 Å². The predicted octanol–water partition coefficient (Wildman–Crippen LogP) is 2.42. The number of hydrogen-bond donors (Lipinski definition) is 1. The third-order valence-electron chi connectivity index (χ3n) is 4.81. The van der Waals surface area contributed by atoms with Crippen molar-refractivity contribution in [3.63, 3.8) is 0 Å². The lowest BCUT2D eigenvalue weighted by Crippen LogP contribution is -2.48. The molecule has 0 aromatic heterocycles. The van der Waals surface area contributed by atoms with Crippen LogP contribution in [0.4, 0.5) is 20.2 Å². The summed E-state index contributed by atoms with van der Waals surface area (Å²) in [6.45, 7) is 2.25. The largest absolute Gasteiger partial charge is 0.368 e. The molecule has 0 bridgehead atoms. The van der Waals surface area contributed by atoms with Crippen molar-refractivity contribution in [2.75, 3.05) is 36.4 Å². The number of carbonyl (C=O) groups excluding carboxylic acids is 2. The first-order valence-electron chi connectivity index (χ1n) is 8.43. The molecule has 1 N–H and O–H groups in total. The maximum absolute atomic E-state index is 13.3. The summed E-state index contributed by atoms with van der Waals surface area (Å²) in [5.41, 5.74) is 3.00. The minimum Gasteiger partial charge on any atom is -0.368 e. The van der Waals surface area contributed by atoms with Crippen LogP contribution in [-0.2, 0) is 11.2 Å². The van der Waals surface area contributed by atoms with Crippen LogP contribution in [0.5, 0.6) is 0 Å². The molecule has 5 nitrogen and oxygen atoms in total. The molecule has 134 valence electrons. The monoisotopic (exact) mass is 357 g/mol. The molecule has 7 heteroatoms. The van der Waals surface area contributed by atoms with Crippen LogP contribution < -0.4 is 10.2 Å². The van der Waals surface area contributed by atoms with E-state index in [0.717, 1.165) is 29.1 Å². The van der Waals surface area contributed by atoms with Crippen molar-refractivity contribution in [3.05, 3.63) is 59.2 Å². The lowest BCUT2D eigenvalue weighted by atomic mass is 10.1. The van der Waals surface area contributed by atoms with Gasteiger partial charge in [-0.05, 0) is 42.0 Å². The summed E-state index contributed by atoms with van der Waals surface area (Å²) in [6, 6.07) is 9.07. The van der Waals surface area contributed by atoms with Gasteiger partial charge in [0.1, 0.15) is 0 Å². The molecule has 2 amide bonds. The molecule has 2 aliphatic rings. The Morgan fingerprint density at radius 2 is 1.73 bits per heavy atom. The minimum absolute atomic E-state index is 0.000837. The summed E-state index contributed by atoms with van der Waals surface area (Å²) < 4.78 is 26.4. The number of nitrogens with one attached hydrogen (secondary N) is 1. The minimum atomic E-state index is -1.02. The van der Waals surface area contributed by atoms with E-state index < -0.39 is 11.6 Å². The average Bonchev–Trinajstić information content (AvgIpc) is 3.02. The molecule has 0 atom stereocenters. The smallest absolute Gasteiger partial charge is 0.254 e. The van der Waals surface area contributed by atoms with Crippen LogP contribution in [0.25, 0.3) is 0 Å². The predicted molar refractivity (Wildman–Crippen MR) is 93.3 cm³/mol. The number of halogens is 2. The van der Waals surface area contributed by atoms with Crippen molar-refractivity contribution in [2.24, 2.45) is 0 Å². The Labute approximate surface area is 149 Å². The zero-order valence-electron chi connectivity index (χ0n) is 14.0. The summed E-state index contributed by atoms with van der Waals surface area (Å²) in [6.07, 6.45) is 0.387. The van der Waals surface area contributed by atoms with Crippen LogP contribution in [0, 0.1) is 11.6 Å². The molecule has 0 unspecified atom stereocenters. The van der Waals surface area contributed by atoms with Crippen molar-refractivity contribution in [1.82, 2.24) is 4.90 Å². The van der Waals surface area contributed by atoms with Crippen LogP contribution in [-0.4, -0.2) is 42.9 Å². The van der Waals surface area contributed by atoms with Crippen molar-refractivity contribution in [3.8, 4) is 0 Å². The van der Waals surface area contributed by atoms with Gasteiger partial charge in [-0.25, -0.2) is 8.78 Å². The Kier molecular flexibility index (Phi) is 4.06. The Morgan fingerprint density at radius 3 is 2.46 bits per heavy atom. The van der Waals surface area contributed by atoms with Gasteiger partial charge in [-0.1, -0.05) is 0 Å². The van der Waals surface area contributed by atoms with E-state index >= 15 is 0 Å². The number of nitrogens with zero attached hydrogens (tertiary/aromatic N) is 2. The molecule has 2 aromatic rings. The lowest BCUT2D eigenvalue weighted by Gasteiger charge is -2.36. The van der Waals surface area contributed by atoms with Crippen LogP contribution in [0.1, 0.15) is 15.9 Å². The zero-order valence-corrected chi connectivity index (χ0v) is 14.0. The van der Waals surface area contributed by atoms with Gasteiger partial charge < -0.3 is 15.1 Å². The van der Waals surface area contributed by atoms with Gasteiger partial charge in [-0.2, -0.15) is 0 Å². The molecular formula is C19H17F2N3O2. The molecule has 0 aliphatic carbocycles. The summed E-state index contributed by atoms with van der Waals surface area (Å²) in [7, 11) is 0. The van der Waals surface area contributed by atoms with Gasteiger partial charge in [0.05, 0.1) is 6.42 Å². The third kappa shape index (κ3) is 3.00. The summed E-state index contributed by atoms with van der Waals surface area (Å²) in [4.78, 5) is 27.7. The maximum atomic E-state index is 13.3. The molecule has 2 aliphatic heterocycles. The van der Waals surface area contributed by atoms with Crippen molar-refractivity contribution in [1.29, 1.82) is 0 Å². The van der Waals surface area contributed by atoms with Crippen molar-refractivity contribution in [2.45, 2.75) is 6.42 Å². The molecule has 2 heterocycles. The summed E-state index contributed by atoms with van der Waals surface area (Å²) >= 11 is 0. The second-order valence-electron chi connectivity index (χ2n) is 6.47. The van der Waals surface area contributed by atoms with Gasteiger partial charge >= 0.3 is 0 Å². The number of carbonyl (C=O) groups is 2. The van der Waals surface area contributed by atoms with Crippen LogP contribution >= 0.6 is 0 Å². The topological polar surface area (TPSA) is 52.7 Å². The first-order valence-corrected chi connectivity index (χ1v) is 8.43. The molecule has 1 saturated heterocycles. The van der Waals surface area contributed by atoms with E-state index in [1.807, 2.05) is 18.2 Å². The van der Waals surface area contributed by atoms with E-state index in [1.54, 1.807) is 4.90 Å². The highest BCUT2D eigenvalue weighted by atomic mass is 19.2. The van der Waals surface area contributed by atoms with Gasteiger partial charge in [-0.3, -0.25) is 9.59 Å². The quantitative estimate of drug-likeness (QED) is 0.898. The van der Waals surface area contributed by atoms with Gasteiger partial charge in [0, 0.05) is 43.1 Å². The number of benzene rings is 2. The fraction of sp³-hybridized carbons (Fsp3) is 0.263. The number of hydrogen-bond acceptors (Lipinski definition) is 3. The summed E-state index contributed by atoms with van der Waals surface area (Å²) in [5.74, 6) is -2.28. The fourth-order valence-corrected chi connectivity index (χ4v) is 3.39. The van der Waals surface area contributed by atoms with E-state index in [-0.39, 0.29) is 17.4 Å². The Hall–Kier alpha value is -2.96. The van der Waals surface area contributed by atoms with Crippen LogP contribution in [0.2, 0.25) is 0 Å². The highest BCUT2D eigenvalue weighted by Crippen LogP contribution is 2.28. The molecule has 0 spiro atoms. The van der Waals surface area contributed by atoms with E-state index in [4.69, 9.17) is 0 Å². The SMILES string of the molecule is O=C1Cc2cc(N3CCN(C(=O)c4ccc(F)c(F)c4)CC3)ccc2N1. The van der Waals surface area contributed by atoms with Crippen molar-refractivity contribution < 1.29 is 18.4 Å². The number of piperazine rings is 1.